The maximum absolute atomic E-state index is 12.7. The normalized spacial score (nSPS) is 11.2. The van der Waals surface area contributed by atoms with E-state index in [1.807, 2.05) is 16.7 Å². The van der Waals surface area contributed by atoms with Crippen molar-refractivity contribution in [2.75, 3.05) is 0 Å². The fourth-order valence-corrected chi connectivity index (χ4v) is 3.85. The zero-order chi connectivity index (χ0) is 21.3. The van der Waals surface area contributed by atoms with E-state index in [9.17, 15) is 4.79 Å². The van der Waals surface area contributed by atoms with Gasteiger partial charge in [-0.05, 0) is 66.9 Å². The summed E-state index contributed by atoms with van der Waals surface area (Å²) in [5, 5.41) is 4.06. The lowest BCUT2D eigenvalue weighted by molar-refractivity contribution is -0.121. The number of furan rings is 1. The fourth-order valence-electron chi connectivity index (χ4n) is 3.38. The summed E-state index contributed by atoms with van der Waals surface area (Å²) in [4.78, 5) is 17.5. The van der Waals surface area contributed by atoms with Crippen LogP contribution in [0.1, 0.15) is 28.3 Å². The number of hydrogen-bond acceptors (Lipinski definition) is 3. The molecule has 5 nitrogen and oxygen atoms in total. The van der Waals surface area contributed by atoms with Crippen LogP contribution in [0.25, 0.3) is 11.0 Å². The molecule has 0 aliphatic carbocycles. The number of aryl methyl sites for hydroxylation is 2. The minimum Gasteiger partial charge on any atom is -0.467 e. The molecule has 2 aromatic carbocycles. The first-order valence-corrected chi connectivity index (χ1v) is 10.4. The summed E-state index contributed by atoms with van der Waals surface area (Å²) in [7, 11) is 0. The van der Waals surface area contributed by atoms with E-state index in [4.69, 9.17) is 32.6 Å². The molecule has 1 amide bonds. The summed E-state index contributed by atoms with van der Waals surface area (Å²) in [5.41, 5.74) is 4.99. The first kappa shape index (κ1) is 20.5. The van der Waals surface area contributed by atoms with Gasteiger partial charge in [0.05, 0.1) is 23.8 Å². The third-order valence-electron chi connectivity index (χ3n) is 5.15. The van der Waals surface area contributed by atoms with Crippen LogP contribution in [-0.2, 0) is 24.3 Å². The largest absolute Gasteiger partial charge is 0.467 e. The van der Waals surface area contributed by atoms with Gasteiger partial charge in [-0.3, -0.25) is 4.79 Å². The van der Waals surface area contributed by atoms with Crippen LogP contribution in [0.2, 0.25) is 10.0 Å². The molecule has 4 aromatic rings. The van der Waals surface area contributed by atoms with Crippen molar-refractivity contribution in [2.24, 2.45) is 0 Å². The van der Waals surface area contributed by atoms with Crippen LogP contribution in [-0.4, -0.2) is 15.5 Å². The lowest BCUT2D eigenvalue weighted by Gasteiger charge is -2.11. The molecule has 0 aliphatic rings. The SMILES string of the molecule is Cc1cc2nc(Cc3ccc(Cl)cc3Cl)n(CC(=O)NCc3ccco3)c2cc1C. The molecule has 0 saturated carbocycles. The topological polar surface area (TPSA) is 60.1 Å². The average Bonchev–Trinajstić information content (AvgIpc) is 3.32. The summed E-state index contributed by atoms with van der Waals surface area (Å²) in [6.45, 7) is 4.60. The summed E-state index contributed by atoms with van der Waals surface area (Å²) in [6, 6.07) is 13.2. The number of nitrogens with zero attached hydrogens (tertiary/aromatic N) is 2. The zero-order valence-electron chi connectivity index (χ0n) is 16.7. The molecule has 0 bridgehead atoms. The maximum atomic E-state index is 12.7. The van der Waals surface area contributed by atoms with E-state index in [-0.39, 0.29) is 12.5 Å². The summed E-state index contributed by atoms with van der Waals surface area (Å²) in [6.07, 6.45) is 2.08. The Kier molecular flexibility index (Phi) is 5.84. The van der Waals surface area contributed by atoms with Gasteiger partial charge in [-0.1, -0.05) is 29.3 Å². The van der Waals surface area contributed by atoms with E-state index in [2.05, 4.69) is 31.3 Å². The van der Waals surface area contributed by atoms with Crippen molar-refractivity contribution in [3.8, 4) is 0 Å². The van der Waals surface area contributed by atoms with Gasteiger partial charge in [-0.25, -0.2) is 4.98 Å². The van der Waals surface area contributed by atoms with E-state index in [0.29, 0.717) is 28.8 Å². The van der Waals surface area contributed by atoms with Gasteiger partial charge in [0.25, 0.3) is 0 Å². The molecule has 7 heteroatoms. The van der Waals surface area contributed by atoms with Crippen molar-refractivity contribution < 1.29 is 9.21 Å². The number of hydrogen-bond donors (Lipinski definition) is 1. The molecule has 0 spiro atoms. The zero-order valence-corrected chi connectivity index (χ0v) is 18.2. The molecule has 0 unspecified atom stereocenters. The van der Waals surface area contributed by atoms with Crippen molar-refractivity contribution in [3.05, 3.63) is 87.0 Å². The highest BCUT2D eigenvalue weighted by Gasteiger charge is 2.16. The Morgan fingerprint density at radius 3 is 2.67 bits per heavy atom. The first-order chi connectivity index (χ1) is 14.4. The molecule has 30 heavy (non-hydrogen) atoms. The lowest BCUT2D eigenvalue weighted by atomic mass is 10.1. The minimum absolute atomic E-state index is 0.118. The third kappa shape index (κ3) is 4.37. The highest BCUT2D eigenvalue weighted by molar-refractivity contribution is 6.35. The molecule has 4 rings (SSSR count). The maximum Gasteiger partial charge on any atom is 0.240 e. The van der Waals surface area contributed by atoms with Gasteiger partial charge < -0.3 is 14.3 Å². The predicted octanol–water partition coefficient (Wildman–Crippen LogP) is 5.46. The molecule has 0 fully saturated rings. The van der Waals surface area contributed by atoms with E-state index in [1.165, 1.54) is 0 Å². The number of benzene rings is 2. The molecule has 1 N–H and O–H groups in total. The average molecular weight is 442 g/mol. The number of aromatic nitrogens is 2. The molecule has 2 heterocycles. The smallest absolute Gasteiger partial charge is 0.240 e. The van der Waals surface area contributed by atoms with Gasteiger partial charge in [-0.15, -0.1) is 0 Å². The number of imidazole rings is 1. The highest BCUT2D eigenvalue weighted by atomic mass is 35.5. The number of rotatable bonds is 6. The van der Waals surface area contributed by atoms with Gasteiger partial charge in [0, 0.05) is 16.5 Å². The van der Waals surface area contributed by atoms with Gasteiger partial charge in [0.15, 0.2) is 0 Å². The second kappa shape index (κ2) is 8.54. The second-order valence-electron chi connectivity index (χ2n) is 7.31. The van der Waals surface area contributed by atoms with Gasteiger partial charge >= 0.3 is 0 Å². The number of carbonyl (C=O) groups is 1. The van der Waals surface area contributed by atoms with Crippen molar-refractivity contribution in [1.82, 2.24) is 14.9 Å². The molecular weight excluding hydrogens is 421 g/mol. The van der Waals surface area contributed by atoms with Gasteiger partial charge in [0.2, 0.25) is 5.91 Å². The summed E-state index contributed by atoms with van der Waals surface area (Å²) >= 11 is 12.4. The van der Waals surface area contributed by atoms with Crippen LogP contribution >= 0.6 is 23.2 Å². The highest BCUT2D eigenvalue weighted by Crippen LogP contribution is 2.26. The number of carbonyl (C=O) groups excluding carboxylic acids is 1. The van der Waals surface area contributed by atoms with E-state index in [1.54, 1.807) is 24.5 Å². The molecule has 2 aromatic heterocycles. The quantitative estimate of drug-likeness (QED) is 0.432. The molecule has 0 aliphatic heterocycles. The number of halogens is 2. The van der Waals surface area contributed by atoms with E-state index in [0.717, 1.165) is 33.5 Å². The molecular formula is C23H21Cl2N3O2. The van der Waals surface area contributed by atoms with Crippen molar-refractivity contribution >= 4 is 40.1 Å². The van der Waals surface area contributed by atoms with Crippen LogP contribution in [0.3, 0.4) is 0 Å². The molecule has 0 radical (unpaired) electrons. The van der Waals surface area contributed by atoms with E-state index >= 15 is 0 Å². The number of amides is 1. The first-order valence-electron chi connectivity index (χ1n) is 9.60. The second-order valence-corrected chi connectivity index (χ2v) is 8.15. The van der Waals surface area contributed by atoms with Crippen LogP contribution in [0, 0.1) is 13.8 Å². The Hall–Kier alpha value is -2.76. The van der Waals surface area contributed by atoms with Crippen LogP contribution in [0.15, 0.2) is 53.1 Å². The Balaban J connectivity index is 1.67. The Bertz CT molecular complexity index is 1210. The minimum atomic E-state index is -0.118. The van der Waals surface area contributed by atoms with Gasteiger partial charge in [-0.2, -0.15) is 0 Å². The van der Waals surface area contributed by atoms with Crippen LogP contribution in [0.4, 0.5) is 0 Å². The Labute approximate surface area is 184 Å². The fraction of sp³-hybridized carbons (Fsp3) is 0.217. The lowest BCUT2D eigenvalue weighted by Crippen LogP contribution is -2.27. The van der Waals surface area contributed by atoms with Crippen molar-refractivity contribution in [2.45, 2.75) is 33.4 Å². The summed E-state index contributed by atoms with van der Waals surface area (Å²) in [5.74, 6) is 1.36. The standard InChI is InChI=1S/C23H21Cl2N3O2/c1-14-8-20-21(9-15(14)2)28(13-23(29)26-12-18-4-3-7-30-18)22(27-20)10-16-5-6-17(24)11-19(16)25/h3-9,11H,10,12-13H2,1-2H3,(H,26,29). The number of fused-ring (bicyclic) bond motifs is 1. The van der Waals surface area contributed by atoms with E-state index < -0.39 is 0 Å². The predicted molar refractivity (Wildman–Crippen MR) is 119 cm³/mol. The van der Waals surface area contributed by atoms with Crippen LogP contribution < -0.4 is 5.32 Å². The Morgan fingerprint density at radius 2 is 1.93 bits per heavy atom. The molecule has 0 atom stereocenters. The summed E-state index contributed by atoms with van der Waals surface area (Å²) < 4.78 is 7.23. The van der Waals surface area contributed by atoms with Crippen LogP contribution in [0.5, 0.6) is 0 Å². The van der Waals surface area contributed by atoms with Gasteiger partial charge in [0.1, 0.15) is 18.1 Å². The van der Waals surface area contributed by atoms with Crippen molar-refractivity contribution in [3.63, 3.8) is 0 Å². The van der Waals surface area contributed by atoms with Crippen molar-refractivity contribution in [1.29, 1.82) is 0 Å². The Morgan fingerprint density at radius 1 is 1.13 bits per heavy atom. The third-order valence-corrected chi connectivity index (χ3v) is 5.73. The molecule has 154 valence electrons. The number of nitrogens with one attached hydrogen (secondary N) is 1. The monoisotopic (exact) mass is 441 g/mol. The molecule has 0 saturated heterocycles.